The van der Waals surface area contributed by atoms with Crippen LogP contribution >= 0.6 is 24.0 Å². The van der Waals surface area contributed by atoms with Crippen LogP contribution in [0.3, 0.4) is 0 Å². The van der Waals surface area contributed by atoms with Gasteiger partial charge >= 0.3 is 0 Å². The maximum absolute atomic E-state index is 11.6. The minimum absolute atomic E-state index is 0.00187. The fourth-order valence-electron chi connectivity index (χ4n) is 2.11. The highest BCUT2D eigenvalue weighted by Crippen LogP contribution is 2.31. The van der Waals surface area contributed by atoms with Crippen molar-refractivity contribution < 1.29 is 14.1 Å². The van der Waals surface area contributed by atoms with Gasteiger partial charge in [-0.25, -0.2) is 0 Å². The first-order chi connectivity index (χ1) is 10.9. The largest absolute Gasteiger partial charge is 0.457 e. The lowest BCUT2D eigenvalue weighted by Crippen LogP contribution is -2.17. The van der Waals surface area contributed by atoms with Gasteiger partial charge in [0.25, 0.3) is 11.6 Å². The van der Waals surface area contributed by atoms with Gasteiger partial charge in [0.2, 0.25) is 0 Å². The molecule has 116 valence electrons. The number of hydrogen-bond donors (Lipinski definition) is 1. The molecule has 0 aliphatic carbocycles. The van der Waals surface area contributed by atoms with Crippen molar-refractivity contribution in [2.45, 2.75) is 6.92 Å². The van der Waals surface area contributed by atoms with Gasteiger partial charge < -0.3 is 9.73 Å². The summed E-state index contributed by atoms with van der Waals surface area (Å²) >= 11 is 6.09. The van der Waals surface area contributed by atoms with E-state index >= 15 is 0 Å². The lowest BCUT2D eigenvalue weighted by Gasteiger charge is -2.02. The van der Waals surface area contributed by atoms with E-state index in [1.165, 1.54) is 23.9 Å². The van der Waals surface area contributed by atoms with Crippen LogP contribution in [0.4, 0.5) is 5.69 Å². The van der Waals surface area contributed by atoms with Gasteiger partial charge in [0.05, 0.1) is 9.83 Å². The summed E-state index contributed by atoms with van der Waals surface area (Å²) in [5, 5.41) is 13.4. The summed E-state index contributed by atoms with van der Waals surface area (Å²) in [5.74, 6) is 0.724. The van der Waals surface area contributed by atoms with Gasteiger partial charge in [-0.05, 0) is 24.6 Å². The van der Waals surface area contributed by atoms with Crippen molar-refractivity contribution in [2.24, 2.45) is 0 Å². The molecule has 1 N–H and O–H groups in total. The second-order valence-corrected chi connectivity index (χ2v) is 6.53. The molecule has 0 saturated carbocycles. The van der Waals surface area contributed by atoms with Gasteiger partial charge in [-0.1, -0.05) is 30.0 Å². The van der Waals surface area contributed by atoms with E-state index in [-0.39, 0.29) is 11.6 Å². The zero-order chi connectivity index (χ0) is 16.6. The number of thiocarbonyl (C=S) groups is 1. The first-order valence-electron chi connectivity index (χ1n) is 6.54. The molecular formula is C15H10N2O4S2. The monoisotopic (exact) mass is 346 g/mol. The third-order valence-corrected chi connectivity index (χ3v) is 4.40. The molecule has 0 atom stereocenters. The highest BCUT2D eigenvalue weighted by atomic mass is 32.2. The molecule has 2 heterocycles. The SMILES string of the molecule is Cc1ccc([N+](=O)[O-])cc1-c1ccc(C=C2SC(=S)NC2=O)o1. The van der Waals surface area contributed by atoms with Gasteiger partial charge in [0.1, 0.15) is 15.8 Å². The Labute approximate surface area is 140 Å². The van der Waals surface area contributed by atoms with E-state index < -0.39 is 4.92 Å². The van der Waals surface area contributed by atoms with Crippen molar-refractivity contribution in [3.63, 3.8) is 0 Å². The first kappa shape index (κ1) is 15.4. The Bertz CT molecular complexity index is 870. The number of benzene rings is 1. The average molecular weight is 346 g/mol. The van der Waals surface area contributed by atoms with Crippen LogP contribution in [0.5, 0.6) is 0 Å². The summed E-state index contributed by atoms with van der Waals surface area (Å²) in [6.07, 6.45) is 1.59. The third-order valence-electron chi connectivity index (χ3n) is 3.24. The number of carbonyl (C=O) groups is 1. The maximum Gasteiger partial charge on any atom is 0.270 e. The van der Waals surface area contributed by atoms with Crippen LogP contribution in [0.1, 0.15) is 11.3 Å². The van der Waals surface area contributed by atoms with Gasteiger partial charge in [0.15, 0.2) is 0 Å². The van der Waals surface area contributed by atoms with E-state index in [0.29, 0.717) is 26.3 Å². The van der Waals surface area contributed by atoms with Crippen LogP contribution in [0.25, 0.3) is 17.4 Å². The molecule has 0 radical (unpaired) electrons. The van der Waals surface area contributed by atoms with E-state index in [9.17, 15) is 14.9 Å². The smallest absolute Gasteiger partial charge is 0.270 e. The van der Waals surface area contributed by atoms with Crippen LogP contribution in [-0.2, 0) is 4.79 Å². The number of hydrogen-bond acceptors (Lipinski definition) is 6. The van der Waals surface area contributed by atoms with Crippen LogP contribution < -0.4 is 5.32 Å². The standard InChI is InChI=1S/C15H10N2O4S2/c1-8-2-3-9(17(19)20)6-11(8)12-5-4-10(21-12)7-13-14(18)16-15(22)23-13/h2-7H,1H3,(H,16,18,22). The number of thioether (sulfide) groups is 1. The second-order valence-electron chi connectivity index (χ2n) is 4.81. The van der Waals surface area contributed by atoms with E-state index in [1.54, 1.807) is 24.3 Å². The summed E-state index contributed by atoms with van der Waals surface area (Å²) in [6, 6.07) is 8.01. The number of carbonyl (C=O) groups excluding carboxylic acids is 1. The Hall–Kier alpha value is -2.45. The molecule has 3 rings (SSSR count). The van der Waals surface area contributed by atoms with Gasteiger partial charge in [0, 0.05) is 23.8 Å². The summed E-state index contributed by atoms with van der Waals surface area (Å²) in [5.41, 5.74) is 1.50. The van der Waals surface area contributed by atoms with E-state index in [1.807, 2.05) is 6.92 Å². The van der Waals surface area contributed by atoms with Crippen molar-refractivity contribution in [3.8, 4) is 11.3 Å². The topological polar surface area (TPSA) is 85.4 Å². The fourth-order valence-corrected chi connectivity index (χ4v) is 3.14. The Morgan fingerprint density at radius 1 is 1.35 bits per heavy atom. The number of nitrogens with one attached hydrogen (secondary N) is 1. The zero-order valence-corrected chi connectivity index (χ0v) is 13.5. The Kier molecular flexibility index (Phi) is 4.01. The van der Waals surface area contributed by atoms with Gasteiger partial charge in [-0.15, -0.1) is 0 Å². The maximum atomic E-state index is 11.6. The summed E-state index contributed by atoms with van der Waals surface area (Å²) in [7, 11) is 0. The molecule has 1 aliphatic heterocycles. The summed E-state index contributed by atoms with van der Waals surface area (Å²) in [4.78, 5) is 22.5. The Morgan fingerprint density at radius 2 is 2.13 bits per heavy atom. The number of nitro benzene ring substituents is 1. The molecule has 1 fully saturated rings. The van der Waals surface area contributed by atoms with Crippen molar-refractivity contribution >= 4 is 46.0 Å². The second kappa shape index (κ2) is 5.98. The van der Waals surface area contributed by atoms with E-state index in [2.05, 4.69) is 5.32 Å². The quantitative estimate of drug-likeness (QED) is 0.395. The first-order valence-corrected chi connectivity index (χ1v) is 7.76. The van der Waals surface area contributed by atoms with Crippen molar-refractivity contribution in [3.05, 3.63) is 56.7 Å². The number of non-ortho nitro benzene ring substituents is 1. The molecule has 23 heavy (non-hydrogen) atoms. The average Bonchev–Trinajstić information content (AvgIpc) is 3.06. The lowest BCUT2D eigenvalue weighted by molar-refractivity contribution is -0.384. The van der Waals surface area contributed by atoms with Crippen LogP contribution in [-0.4, -0.2) is 15.2 Å². The predicted molar refractivity (Wildman–Crippen MR) is 91.8 cm³/mol. The molecule has 2 aromatic rings. The molecule has 0 spiro atoms. The van der Waals surface area contributed by atoms with Crippen LogP contribution in [0.15, 0.2) is 39.7 Å². The zero-order valence-electron chi connectivity index (χ0n) is 11.9. The van der Waals surface area contributed by atoms with Gasteiger partial charge in [-0.3, -0.25) is 14.9 Å². The molecule has 6 nitrogen and oxygen atoms in total. The molecule has 0 unspecified atom stereocenters. The predicted octanol–water partition coefficient (Wildman–Crippen LogP) is 3.65. The van der Waals surface area contributed by atoms with E-state index in [4.69, 9.17) is 16.6 Å². The highest BCUT2D eigenvalue weighted by molar-refractivity contribution is 8.26. The number of aryl methyl sites for hydroxylation is 1. The molecule has 1 aromatic heterocycles. The number of amides is 1. The Balaban J connectivity index is 1.95. The molecule has 8 heteroatoms. The minimum Gasteiger partial charge on any atom is -0.457 e. The summed E-state index contributed by atoms with van der Waals surface area (Å²) < 4.78 is 6.10. The molecule has 1 amide bonds. The lowest BCUT2D eigenvalue weighted by atomic mass is 10.1. The molecule has 0 bridgehead atoms. The van der Waals surface area contributed by atoms with Crippen molar-refractivity contribution in [2.75, 3.05) is 0 Å². The fraction of sp³-hybridized carbons (Fsp3) is 0.0667. The van der Waals surface area contributed by atoms with Crippen molar-refractivity contribution in [1.82, 2.24) is 5.32 Å². The Morgan fingerprint density at radius 3 is 2.78 bits per heavy atom. The normalized spacial score (nSPS) is 16.0. The van der Waals surface area contributed by atoms with Crippen LogP contribution in [0, 0.1) is 17.0 Å². The number of furan rings is 1. The van der Waals surface area contributed by atoms with E-state index in [0.717, 1.165) is 5.56 Å². The van der Waals surface area contributed by atoms with Crippen molar-refractivity contribution in [1.29, 1.82) is 0 Å². The minimum atomic E-state index is -0.449. The highest BCUT2D eigenvalue weighted by Gasteiger charge is 2.22. The third kappa shape index (κ3) is 3.17. The summed E-state index contributed by atoms with van der Waals surface area (Å²) in [6.45, 7) is 1.85. The number of rotatable bonds is 3. The number of nitrogens with zero attached hydrogens (tertiary/aromatic N) is 1. The molecule has 1 aliphatic rings. The number of nitro groups is 1. The molecule has 1 saturated heterocycles. The van der Waals surface area contributed by atoms with Gasteiger partial charge in [-0.2, -0.15) is 0 Å². The molecular weight excluding hydrogens is 336 g/mol. The van der Waals surface area contributed by atoms with Crippen LogP contribution in [0.2, 0.25) is 0 Å². The molecule has 1 aromatic carbocycles.